The molecule has 1 aliphatic carbocycles. The first kappa shape index (κ1) is 19.2. The molecular weight excluding hydrogens is 400 g/mol. The molecule has 3 aromatic rings. The second-order valence-corrected chi connectivity index (χ2v) is 10.7. The number of carbonyl (C=O) groups excluding carboxylic acids is 1. The Morgan fingerprint density at radius 2 is 1.93 bits per heavy atom. The van der Waals surface area contributed by atoms with Gasteiger partial charge in [0.15, 0.2) is 15.5 Å². The van der Waals surface area contributed by atoms with Crippen LogP contribution in [-0.4, -0.2) is 40.6 Å². The molecule has 156 valence electrons. The van der Waals surface area contributed by atoms with E-state index in [0.717, 1.165) is 29.8 Å². The molecule has 1 atom stereocenters. The summed E-state index contributed by atoms with van der Waals surface area (Å²) in [6, 6.07) is 9.32. The molecule has 2 aromatic heterocycles. The number of amides is 1. The first-order chi connectivity index (χ1) is 14.3. The zero-order valence-electron chi connectivity index (χ0n) is 17.1. The van der Waals surface area contributed by atoms with E-state index >= 15 is 0 Å². The van der Waals surface area contributed by atoms with Gasteiger partial charge in [0.25, 0.3) is 5.91 Å². The van der Waals surface area contributed by atoms with Crippen LogP contribution in [0.25, 0.3) is 11.0 Å². The zero-order chi connectivity index (χ0) is 21.0. The first-order valence-corrected chi connectivity index (χ1v) is 12.1. The summed E-state index contributed by atoms with van der Waals surface area (Å²) in [5.74, 6) is 0.403. The molecule has 1 amide bonds. The standard InChI is InChI=1S/C22H24N4O3S/c1-13-5-3-4-6-18(13)24-22(27)17-11-19(15-7-8-15)23-21-20(17)14(2)25-26(21)16-9-10-30(28,29)12-16/h3-6,11,15-16H,7-10,12H2,1-2H3,(H,24,27)/t16-/m0/s1. The van der Waals surface area contributed by atoms with Gasteiger partial charge in [-0.2, -0.15) is 5.10 Å². The summed E-state index contributed by atoms with van der Waals surface area (Å²) < 4.78 is 25.8. The molecule has 3 heterocycles. The lowest BCUT2D eigenvalue weighted by Gasteiger charge is -2.12. The zero-order valence-corrected chi connectivity index (χ0v) is 17.9. The van der Waals surface area contributed by atoms with Crippen LogP contribution in [0.4, 0.5) is 5.69 Å². The van der Waals surface area contributed by atoms with Gasteiger partial charge < -0.3 is 5.32 Å². The minimum Gasteiger partial charge on any atom is -0.322 e. The maximum atomic E-state index is 13.3. The van der Waals surface area contributed by atoms with Crippen LogP contribution >= 0.6 is 0 Å². The van der Waals surface area contributed by atoms with Crippen LogP contribution < -0.4 is 5.32 Å². The SMILES string of the molecule is Cc1ccccc1NC(=O)c1cc(C2CC2)nc2c1c(C)nn2[C@H]1CCS(=O)(=O)C1. The van der Waals surface area contributed by atoms with Gasteiger partial charge in [-0.25, -0.2) is 18.1 Å². The van der Waals surface area contributed by atoms with Gasteiger partial charge in [-0.15, -0.1) is 0 Å². The predicted octanol–water partition coefficient (Wildman–Crippen LogP) is 3.54. The number of nitrogens with one attached hydrogen (secondary N) is 1. The first-order valence-electron chi connectivity index (χ1n) is 10.3. The molecule has 0 radical (unpaired) electrons. The monoisotopic (exact) mass is 424 g/mol. The summed E-state index contributed by atoms with van der Waals surface area (Å²) in [6.45, 7) is 3.81. The van der Waals surface area contributed by atoms with Gasteiger partial charge in [-0.3, -0.25) is 4.79 Å². The van der Waals surface area contributed by atoms with E-state index in [1.54, 1.807) is 4.68 Å². The van der Waals surface area contributed by atoms with Crippen molar-refractivity contribution >= 4 is 32.5 Å². The van der Waals surface area contributed by atoms with Gasteiger partial charge in [-0.1, -0.05) is 18.2 Å². The molecule has 30 heavy (non-hydrogen) atoms. The lowest BCUT2D eigenvalue weighted by Crippen LogP contribution is -2.15. The van der Waals surface area contributed by atoms with Crippen molar-refractivity contribution in [3.63, 3.8) is 0 Å². The van der Waals surface area contributed by atoms with E-state index in [-0.39, 0.29) is 23.5 Å². The summed E-state index contributed by atoms with van der Waals surface area (Å²) >= 11 is 0. The van der Waals surface area contributed by atoms with Crippen LogP contribution in [0.5, 0.6) is 0 Å². The van der Waals surface area contributed by atoms with E-state index in [9.17, 15) is 13.2 Å². The van der Waals surface area contributed by atoms with Crippen molar-refractivity contribution in [3.05, 3.63) is 52.8 Å². The highest BCUT2D eigenvalue weighted by molar-refractivity contribution is 7.91. The third-order valence-electron chi connectivity index (χ3n) is 6.04. The number of rotatable bonds is 4. The smallest absolute Gasteiger partial charge is 0.256 e. The Kier molecular flexibility index (Phi) is 4.43. The summed E-state index contributed by atoms with van der Waals surface area (Å²) in [7, 11) is -3.06. The fraction of sp³-hybridized carbons (Fsp3) is 0.409. The highest BCUT2D eigenvalue weighted by Crippen LogP contribution is 2.41. The molecule has 0 spiro atoms. The highest BCUT2D eigenvalue weighted by Gasteiger charge is 2.34. The largest absolute Gasteiger partial charge is 0.322 e. The summed E-state index contributed by atoms with van der Waals surface area (Å²) in [5.41, 5.74) is 4.51. The van der Waals surface area contributed by atoms with Crippen LogP contribution in [-0.2, 0) is 9.84 Å². The number of fused-ring (bicyclic) bond motifs is 1. The molecular formula is C22H24N4O3S. The quantitative estimate of drug-likeness (QED) is 0.691. The Balaban J connectivity index is 1.63. The summed E-state index contributed by atoms with van der Waals surface area (Å²) in [6.07, 6.45) is 2.64. The number of nitrogens with zero attached hydrogens (tertiary/aromatic N) is 3. The molecule has 7 nitrogen and oxygen atoms in total. The average molecular weight is 425 g/mol. The minimum atomic E-state index is -3.06. The summed E-state index contributed by atoms with van der Waals surface area (Å²) in [4.78, 5) is 18.1. The van der Waals surface area contributed by atoms with E-state index in [1.165, 1.54) is 0 Å². The Bertz CT molecular complexity index is 1280. The topological polar surface area (TPSA) is 93.9 Å². The normalized spacial score (nSPS) is 20.5. The van der Waals surface area contributed by atoms with E-state index in [4.69, 9.17) is 4.98 Å². The number of aryl methyl sites for hydroxylation is 2. The number of hydrogen-bond acceptors (Lipinski definition) is 5. The summed E-state index contributed by atoms with van der Waals surface area (Å²) in [5, 5.41) is 8.36. The maximum Gasteiger partial charge on any atom is 0.256 e. The number of anilines is 1. The Morgan fingerprint density at radius 1 is 1.17 bits per heavy atom. The van der Waals surface area contributed by atoms with Crippen molar-refractivity contribution in [2.45, 2.75) is 45.1 Å². The Hall–Kier alpha value is -2.74. The molecule has 0 bridgehead atoms. The molecule has 1 aliphatic heterocycles. The molecule has 5 rings (SSSR count). The lowest BCUT2D eigenvalue weighted by molar-refractivity contribution is 0.102. The van der Waals surface area contributed by atoms with Gasteiger partial charge in [0.05, 0.1) is 34.2 Å². The lowest BCUT2D eigenvalue weighted by atomic mass is 10.1. The van der Waals surface area contributed by atoms with E-state index in [1.807, 2.05) is 44.2 Å². The van der Waals surface area contributed by atoms with Crippen molar-refractivity contribution in [2.24, 2.45) is 0 Å². The molecule has 8 heteroatoms. The van der Waals surface area contributed by atoms with E-state index in [0.29, 0.717) is 34.6 Å². The Morgan fingerprint density at radius 3 is 2.60 bits per heavy atom. The van der Waals surface area contributed by atoms with E-state index < -0.39 is 9.84 Å². The van der Waals surface area contributed by atoms with Crippen LogP contribution in [0.2, 0.25) is 0 Å². The third-order valence-corrected chi connectivity index (χ3v) is 7.79. The molecule has 0 unspecified atom stereocenters. The number of carbonyl (C=O) groups is 1. The van der Waals surface area contributed by atoms with Crippen molar-refractivity contribution in [3.8, 4) is 0 Å². The van der Waals surface area contributed by atoms with Crippen LogP contribution in [0.15, 0.2) is 30.3 Å². The number of pyridine rings is 1. The van der Waals surface area contributed by atoms with Crippen molar-refractivity contribution in [2.75, 3.05) is 16.8 Å². The molecule has 1 aromatic carbocycles. The highest BCUT2D eigenvalue weighted by atomic mass is 32.2. The average Bonchev–Trinajstić information content (AvgIpc) is 3.42. The third kappa shape index (κ3) is 3.39. The fourth-order valence-electron chi connectivity index (χ4n) is 4.23. The number of sulfone groups is 1. The van der Waals surface area contributed by atoms with Gasteiger partial charge in [0.2, 0.25) is 0 Å². The van der Waals surface area contributed by atoms with Gasteiger partial charge in [-0.05, 0) is 50.8 Å². The van der Waals surface area contributed by atoms with Crippen LogP contribution in [0, 0.1) is 13.8 Å². The van der Waals surface area contributed by atoms with Crippen LogP contribution in [0.1, 0.15) is 58.5 Å². The number of para-hydroxylation sites is 1. The van der Waals surface area contributed by atoms with Gasteiger partial charge >= 0.3 is 0 Å². The molecule has 1 saturated carbocycles. The number of hydrogen-bond donors (Lipinski definition) is 1. The molecule has 1 saturated heterocycles. The second kappa shape index (κ2) is 6.91. The Labute approximate surface area is 175 Å². The van der Waals surface area contributed by atoms with Gasteiger partial charge in [0, 0.05) is 17.3 Å². The van der Waals surface area contributed by atoms with Crippen molar-refractivity contribution < 1.29 is 13.2 Å². The minimum absolute atomic E-state index is 0.0727. The number of aromatic nitrogens is 3. The maximum absolute atomic E-state index is 13.3. The molecule has 1 N–H and O–H groups in total. The fourth-order valence-corrected chi connectivity index (χ4v) is 5.92. The number of benzene rings is 1. The van der Waals surface area contributed by atoms with E-state index in [2.05, 4.69) is 10.4 Å². The van der Waals surface area contributed by atoms with Crippen LogP contribution in [0.3, 0.4) is 0 Å². The second-order valence-electron chi connectivity index (χ2n) is 8.42. The predicted molar refractivity (Wildman–Crippen MR) is 116 cm³/mol. The van der Waals surface area contributed by atoms with Gasteiger partial charge in [0.1, 0.15) is 0 Å². The van der Waals surface area contributed by atoms with Crippen molar-refractivity contribution in [1.29, 1.82) is 0 Å². The molecule has 2 aliphatic rings. The molecule has 2 fully saturated rings. The van der Waals surface area contributed by atoms with Crippen molar-refractivity contribution in [1.82, 2.24) is 14.8 Å².